The Hall–Kier alpha value is -0.660. The summed E-state index contributed by atoms with van der Waals surface area (Å²) in [6.45, 7) is 11.6. The Morgan fingerprint density at radius 3 is 2.04 bits per heavy atom. The highest BCUT2D eigenvalue weighted by Crippen LogP contribution is 2.34. The Bertz CT molecular complexity index is 489. The Kier molecular flexibility index (Phi) is 7.71. The topological polar surface area (TPSA) is 80.7 Å². The van der Waals surface area contributed by atoms with Gasteiger partial charge in [-0.2, -0.15) is 8.42 Å². The number of carbonyl (C=O) groups excluding carboxylic acids is 1. The van der Waals surface area contributed by atoms with Crippen molar-refractivity contribution in [3.63, 3.8) is 0 Å². The summed E-state index contributed by atoms with van der Waals surface area (Å²) in [5, 5.41) is 0. The van der Waals surface area contributed by atoms with Gasteiger partial charge in [0.15, 0.2) is 0 Å². The molecule has 0 saturated heterocycles. The summed E-state index contributed by atoms with van der Waals surface area (Å²) in [4.78, 5) is 12.2. The lowest BCUT2D eigenvalue weighted by Gasteiger charge is -2.32. The summed E-state index contributed by atoms with van der Waals surface area (Å²) in [7, 11) is -0.0275. The third kappa shape index (κ3) is 11.5. The number of hydrogen-bond acceptors (Lipinski definition) is 4. The molecule has 6 nitrogen and oxygen atoms in total. The van der Waals surface area contributed by atoms with E-state index in [-0.39, 0.29) is 17.1 Å². The van der Waals surface area contributed by atoms with Crippen LogP contribution in [-0.2, 0) is 19.6 Å². The van der Waals surface area contributed by atoms with Crippen LogP contribution in [0.25, 0.3) is 0 Å². The predicted molar refractivity (Wildman–Crippen MR) is 91.7 cm³/mol. The number of rotatable bonds is 9. The summed E-state index contributed by atoms with van der Waals surface area (Å²) < 4.78 is 36.1. The van der Waals surface area contributed by atoms with Crippen molar-refractivity contribution in [2.75, 3.05) is 39.5 Å². The molecule has 138 valence electrons. The molecule has 0 rings (SSSR count). The highest BCUT2D eigenvalue weighted by Gasteiger charge is 2.34. The second kappa shape index (κ2) is 7.94. The first-order valence-corrected chi connectivity index (χ1v) is 9.59. The fraction of sp³-hybridized carbons (Fsp3) is 0.938. The monoisotopic (exact) mass is 352 g/mol. The van der Waals surface area contributed by atoms with Crippen molar-refractivity contribution in [2.45, 2.75) is 47.5 Å². The smallest absolute Gasteiger partial charge is 0.311 e. The second-order valence-corrected chi connectivity index (χ2v) is 10.4. The first-order chi connectivity index (χ1) is 10.0. The maximum absolute atomic E-state index is 12.2. The fourth-order valence-corrected chi connectivity index (χ4v) is 3.26. The SMILES string of the molecule is CC(C)(C)CC(C)(C)C(=O)OCC[N+](C)(C)CCCS(=O)(=O)O. The van der Waals surface area contributed by atoms with Gasteiger partial charge in [0.25, 0.3) is 10.1 Å². The average molecular weight is 353 g/mol. The summed E-state index contributed by atoms with van der Waals surface area (Å²) in [5.74, 6) is -0.446. The molecule has 0 aliphatic rings. The van der Waals surface area contributed by atoms with Crippen LogP contribution in [0.5, 0.6) is 0 Å². The van der Waals surface area contributed by atoms with Gasteiger partial charge in [0.2, 0.25) is 0 Å². The summed E-state index contributed by atoms with van der Waals surface area (Å²) >= 11 is 0. The molecular formula is C16H34NO5S+. The van der Waals surface area contributed by atoms with Crippen LogP contribution in [0.15, 0.2) is 0 Å². The van der Waals surface area contributed by atoms with Crippen molar-refractivity contribution in [2.24, 2.45) is 10.8 Å². The van der Waals surface area contributed by atoms with Crippen molar-refractivity contribution in [3.8, 4) is 0 Å². The Labute approximate surface area is 141 Å². The summed E-state index contributed by atoms with van der Waals surface area (Å²) in [5.41, 5.74) is -0.478. The van der Waals surface area contributed by atoms with E-state index >= 15 is 0 Å². The zero-order valence-corrected chi connectivity index (χ0v) is 16.5. The molecule has 0 fully saturated rings. The van der Waals surface area contributed by atoms with E-state index in [1.165, 1.54) is 0 Å². The Balaban J connectivity index is 4.29. The number of hydrogen-bond donors (Lipinski definition) is 1. The van der Waals surface area contributed by atoms with E-state index in [1.54, 1.807) is 0 Å². The molecular weight excluding hydrogens is 318 g/mol. The molecule has 23 heavy (non-hydrogen) atoms. The van der Waals surface area contributed by atoms with Crippen LogP contribution in [0.3, 0.4) is 0 Å². The Morgan fingerprint density at radius 1 is 1.09 bits per heavy atom. The van der Waals surface area contributed by atoms with Crippen LogP contribution in [0.1, 0.15) is 47.5 Å². The molecule has 7 heteroatoms. The highest BCUT2D eigenvalue weighted by molar-refractivity contribution is 7.85. The molecule has 0 aliphatic heterocycles. The number of esters is 1. The van der Waals surface area contributed by atoms with E-state index in [0.29, 0.717) is 30.6 Å². The zero-order chi connectivity index (χ0) is 18.5. The van der Waals surface area contributed by atoms with E-state index < -0.39 is 15.5 Å². The first-order valence-electron chi connectivity index (χ1n) is 7.99. The predicted octanol–water partition coefficient (Wildman–Crippen LogP) is 2.35. The van der Waals surface area contributed by atoms with E-state index in [9.17, 15) is 13.2 Å². The largest absolute Gasteiger partial charge is 0.459 e. The van der Waals surface area contributed by atoms with Gasteiger partial charge in [-0.05, 0) is 25.7 Å². The number of ether oxygens (including phenoxy) is 1. The van der Waals surface area contributed by atoms with Gasteiger partial charge in [0.05, 0.1) is 31.8 Å². The summed E-state index contributed by atoms with van der Waals surface area (Å²) in [6, 6.07) is 0. The van der Waals surface area contributed by atoms with Crippen LogP contribution < -0.4 is 0 Å². The molecule has 0 saturated carbocycles. The lowest BCUT2D eigenvalue weighted by molar-refractivity contribution is -0.890. The van der Waals surface area contributed by atoms with Gasteiger partial charge in [-0.1, -0.05) is 20.8 Å². The van der Waals surface area contributed by atoms with Gasteiger partial charge in [-0.25, -0.2) is 0 Å². The van der Waals surface area contributed by atoms with Crippen molar-refractivity contribution in [1.29, 1.82) is 0 Å². The minimum atomic E-state index is -3.91. The van der Waals surface area contributed by atoms with Crippen molar-refractivity contribution in [3.05, 3.63) is 0 Å². The van der Waals surface area contributed by atoms with Gasteiger partial charge in [-0.3, -0.25) is 9.35 Å². The molecule has 0 unspecified atom stereocenters. The number of likely N-dealkylation sites (N-methyl/N-ethyl adjacent to an activating group) is 1. The minimum Gasteiger partial charge on any atom is -0.459 e. The number of quaternary nitrogens is 1. The van der Waals surface area contributed by atoms with Crippen LogP contribution in [0.2, 0.25) is 0 Å². The molecule has 0 spiro atoms. The number of nitrogens with zero attached hydrogens (tertiary/aromatic N) is 1. The number of carbonyl (C=O) groups is 1. The molecule has 0 heterocycles. The molecule has 0 bridgehead atoms. The van der Waals surface area contributed by atoms with Gasteiger partial charge >= 0.3 is 5.97 Å². The van der Waals surface area contributed by atoms with Gasteiger partial charge < -0.3 is 9.22 Å². The normalized spacial score (nSPS) is 13.9. The third-order valence-electron chi connectivity index (χ3n) is 3.62. The fourth-order valence-electron chi connectivity index (χ4n) is 2.77. The minimum absolute atomic E-state index is 0.0492. The quantitative estimate of drug-likeness (QED) is 0.391. The zero-order valence-electron chi connectivity index (χ0n) is 15.7. The van der Waals surface area contributed by atoms with Crippen LogP contribution in [0.4, 0.5) is 0 Å². The van der Waals surface area contributed by atoms with E-state index in [2.05, 4.69) is 20.8 Å². The third-order valence-corrected chi connectivity index (χ3v) is 4.42. The average Bonchev–Trinajstić information content (AvgIpc) is 2.22. The molecule has 0 aromatic heterocycles. The van der Waals surface area contributed by atoms with Crippen LogP contribution in [-0.4, -0.2) is 63.0 Å². The van der Waals surface area contributed by atoms with Gasteiger partial charge in [-0.15, -0.1) is 0 Å². The molecule has 0 radical (unpaired) electrons. The van der Waals surface area contributed by atoms with Crippen LogP contribution >= 0.6 is 0 Å². The molecule has 0 aromatic carbocycles. The van der Waals surface area contributed by atoms with Gasteiger partial charge in [0.1, 0.15) is 13.2 Å². The van der Waals surface area contributed by atoms with Crippen molar-refractivity contribution >= 4 is 16.1 Å². The lowest BCUT2D eigenvalue weighted by Crippen LogP contribution is -2.44. The van der Waals surface area contributed by atoms with E-state index in [4.69, 9.17) is 9.29 Å². The molecule has 0 atom stereocenters. The maximum atomic E-state index is 12.2. The molecule has 0 amide bonds. The molecule has 0 aliphatic carbocycles. The van der Waals surface area contributed by atoms with Crippen molar-refractivity contribution < 1.29 is 27.0 Å². The lowest BCUT2D eigenvalue weighted by atomic mass is 9.76. The van der Waals surface area contributed by atoms with Crippen LogP contribution in [0, 0.1) is 10.8 Å². The molecule has 1 N–H and O–H groups in total. The second-order valence-electron chi connectivity index (χ2n) is 8.78. The van der Waals surface area contributed by atoms with E-state index in [0.717, 1.165) is 6.42 Å². The van der Waals surface area contributed by atoms with E-state index in [1.807, 2.05) is 27.9 Å². The first kappa shape index (κ1) is 22.3. The standard InChI is InChI=1S/C16H33NO5S/c1-15(2,3)13-16(4,5)14(18)22-11-10-17(6,7)9-8-12-23(19,20)21/h8-13H2,1-7H3/p+1. The summed E-state index contributed by atoms with van der Waals surface area (Å²) in [6.07, 6.45) is 1.11. The highest BCUT2D eigenvalue weighted by atomic mass is 32.2. The molecule has 0 aromatic rings. The maximum Gasteiger partial charge on any atom is 0.311 e. The van der Waals surface area contributed by atoms with Gasteiger partial charge in [0, 0.05) is 6.42 Å². The Morgan fingerprint density at radius 2 is 1.61 bits per heavy atom. The van der Waals surface area contributed by atoms with Crippen molar-refractivity contribution in [1.82, 2.24) is 0 Å².